The number of rotatable bonds is 0. The van der Waals surface area contributed by atoms with Crippen molar-refractivity contribution in [1.82, 2.24) is 9.88 Å². The predicted octanol–water partition coefficient (Wildman–Crippen LogP) is 2.57. The topological polar surface area (TPSA) is 16.1 Å². The van der Waals surface area contributed by atoms with Crippen LogP contribution in [0.1, 0.15) is 16.8 Å². The number of nitrogens with zero attached hydrogens (tertiary/aromatic N) is 2. The molecule has 0 aliphatic carbocycles. The van der Waals surface area contributed by atoms with E-state index in [1.807, 2.05) is 0 Å². The molecule has 0 atom stereocenters. The molecule has 2 aromatic rings. The Labute approximate surface area is 102 Å². The van der Waals surface area contributed by atoms with Crippen molar-refractivity contribution in [3.8, 4) is 0 Å². The molecule has 0 spiro atoms. The van der Waals surface area contributed by atoms with Gasteiger partial charge in [-0.3, -0.25) is 4.98 Å². The number of hydrogen-bond donors (Lipinski definition) is 0. The first-order valence-corrected chi connectivity index (χ1v) is 6.31. The molecule has 1 aromatic heterocycles. The molecule has 2 heteroatoms. The van der Waals surface area contributed by atoms with Crippen LogP contribution in [0.3, 0.4) is 0 Å². The first-order chi connectivity index (χ1) is 8.25. The summed E-state index contributed by atoms with van der Waals surface area (Å²) < 4.78 is 0. The van der Waals surface area contributed by atoms with Crippen LogP contribution in [0.4, 0.5) is 0 Å². The van der Waals surface area contributed by atoms with Crippen LogP contribution in [0, 0.1) is 6.92 Å². The average molecular weight is 226 g/mol. The number of pyridine rings is 1. The van der Waals surface area contributed by atoms with Gasteiger partial charge in [0.25, 0.3) is 0 Å². The van der Waals surface area contributed by atoms with Crippen LogP contribution in [0.5, 0.6) is 0 Å². The Bertz CT molecular complexity index is 560. The lowest BCUT2D eigenvalue weighted by atomic mass is 9.99. The minimum atomic E-state index is 1.08. The number of fused-ring (bicyclic) bond motifs is 2. The highest BCUT2D eigenvalue weighted by Crippen LogP contribution is 2.25. The van der Waals surface area contributed by atoms with E-state index >= 15 is 0 Å². The van der Waals surface area contributed by atoms with Gasteiger partial charge in [0, 0.05) is 30.6 Å². The summed E-state index contributed by atoms with van der Waals surface area (Å²) in [6.07, 6.45) is 2.22. The Morgan fingerprint density at radius 2 is 1.88 bits per heavy atom. The molecule has 17 heavy (non-hydrogen) atoms. The predicted molar refractivity (Wildman–Crippen MR) is 71.4 cm³/mol. The Morgan fingerprint density at radius 3 is 2.76 bits per heavy atom. The zero-order chi connectivity index (χ0) is 11.8. The Kier molecular flexibility index (Phi) is 2.60. The summed E-state index contributed by atoms with van der Waals surface area (Å²) in [7, 11) is 2.20. The van der Waals surface area contributed by atoms with Gasteiger partial charge >= 0.3 is 0 Å². The fourth-order valence-corrected chi connectivity index (χ4v) is 2.73. The highest BCUT2D eigenvalue weighted by Gasteiger charge is 2.16. The minimum absolute atomic E-state index is 1.08. The van der Waals surface area contributed by atoms with Crippen molar-refractivity contribution in [1.29, 1.82) is 0 Å². The maximum atomic E-state index is 4.84. The molecule has 1 aliphatic heterocycles. The van der Waals surface area contributed by atoms with Crippen molar-refractivity contribution in [2.24, 2.45) is 0 Å². The average Bonchev–Trinajstić information content (AvgIpc) is 2.53. The van der Waals surface area contributed by atoms with E-state index in [0.29, 0.717) is 0 Å². The van der Waals surface area contributed by atoms with E-state index in [-0.39, 0.29) is 0 Å². The second kappa shape index (κ2) is 4.11. The van der Waals surface area contributed by atoms with Crippen LogP contribution in [0.15, 0.2) is 24.3 Å². The van der Waals surface area contributed by atoms with Crippen molar-refractivity contribution in [2.45, 2.75) is 19.8 Å². The monoisotopic (exact) mass is 226 g/mol. The standard InChI is InChI=1S/C15H18N2/c1-11-12-5-3-4-6-14(12)16-15-8-10-17(2)9-7-13(11)15/h3-6H,7-10H2,1-2H3. The molecule has 2 heterocycles. The lowest BCUT2D eigenvalue weighted by molar-refractivity contribution is 0.352. The third-order valence-corrected chi connectivity index (χ3v) is 3.84. The van der Waals surface area contributed by atoms with Crippen molar-refractivity contribution < 1.29 is 0 Å². The first kappa shape index (κ1) is 10.7. The van der Waals surface area contributed by atoms with Crippen molar-refractivity contribution in [3.05, 3.63) is 41.1 Å². The maximum absolute atomic E-state index is 4.84. The molecule has 0 fully saturated rings. The van der Waals surface area contributed by atoms with Crippen LogP contribution < -0.4 is 0 Å². The van der Waals surface area contributed by atoms with E-state index in [0.717, 1.165) is 31.4 Å². The molecule has 0 saturated heterocycles. The summed E-state index contributed by atoms with van der Waals surface area (Å²) in [4.78, 5) is 7.24. The van der Waals surface area contributed by atoms with E-state index in [4.69, 9.17) is 4.98 Å². The second-order valence-electron chi connectivity index (χ2n) is 4.98. The summed E-state index contributed by atoms with van der Waals surface area (Å²) in [5.74, 6) is 0. The van der Waals surface area contributed by atoms with Crippen molar-refractivity contribution in [3.63, 3.8) is 0 Å². The van der Waals surface area contributed by atoms with Crippen LogP contribution >= 0.6 is 0 Å². The molecule has 1 aromatic carbocycles. The molecule has 0 unspecified atom stereocenters. The number of para-hydroxylation sites is 1. The third-order valence-electron chi connectivity index (χ3n) is 3.84. The quantitative estimate of drug-likeness (QED) is 0.686. The number of aromatic nitrogens is 1. The molecule has 3 rings (SSSR count). The lowest BCUT2D eigenvalue weighted by Gasteiger charge is -2.12. The molecule has 1 aliphatic rings. The summed E-state index contributed by atoms with van der Waals surface area (Å²) in [6.45, 7) is 4.51. The van der Waals surface area contributed by atoms with Crippen molar-refractivity contribution in [2.75, 3.05) is 20.1 Å². The summed E-state index contributed by atoms with van der Waals surface area (Å²) in [5.41, 5.74) is 5.37. The van der Waals surface area contributed by atoms with E-state index < -0.39 is 0 Å². The zero-order valence-electron chi connectivity index (χ0n) is 10.5. The molecule has 0 N–H and O–H groups in total. The second-order valence-corrected chi connectivity index (χ2v) is 4.98. The van der Waals surface area contributed by atoms with Crippen LogP contribution in [-0.4, -0.2) is 30.0 Å². The van der Waals surface area contributed by atoms with Gasteiger partial charge in [0.2, 0.25) is 0 Å². The van der Waals surface area contributed by atoms with Gasteiger partial charge in [-0.25, -0.2) is 0 Å². The van der Waals surface area contributed by atoms with Gasteiger partial charge < -0.3 is 4.90 Å². The van der Waals surface area contributed by atoms with Crippen LogP contribution in [0.25, 0.3) is 10.9 Å². The van der Waals surface area contributed by atoms with Gasteiger partial charge in [-0.05, 0) is 37.6 Å². The van der Waals surface area contributed by atoms with E-state index in [2.05, 4.69) is 43.1 Å². The molecular weight excluding hydrogens is 208 g/mol. The normalized spacial score (nSPS) is 16.8. The summed E-state index contributed by atoms with van der Waals surface area (Å²) in [5, 5.41) is 1.32. The number of benzene rings is 1. The van der Waals surface area contributed by atoms with Gasteiger partial charge in [0.15, 0.2) is 0 Å². The lowest BCUT2D eigenvalue weighted by Crippen LogP contribution is -2.20. The van der Waals surface area contributed by atoms with Crippen LogP contribution in [0.2, 0.25) is 0 Å². The Hall–Kier alpha value is -1.41. The van der Waals surface area contributed by atoms with Crippen LogP contribution in [-0.2, 0) is 12.8 Å². The van der Waals surface area contributed by atoms with Gasteiger partial charge in [0.05, 0.1) is 5.52 Å². The molecular formula is C15H18N2. The van der Waals surface area contributed by atoms with Gasteiger partial charge in [-0.2, -0.15) is 0 Å². The summed E-state index contributed by atoms with van der Waals surface area (Å²) in [6, 6.07) is 8.49. The molecule has 0 radical (unpaired) electrons. The van der Waals surface area contributed by atoms with E-state index in [1.165, 1.54) is 22.2 Å². The molecule has 2 nitrogen and oxygen atoms in total. The Morgan fingerprint density at radius 1 is 1.12 bits per heavy atom. The fraction of sp³-hybridized carbons (Fsp3) is 0.400. The smallest absolute Gasteiger partial charge is 0.0708 e. The van der Waals surface area contributed by atoms with Gasteiger partial charge in [-0.15, -0.1) is 0 Å². The molecule has 88 valence electrons. The number of hydrogen-bond acceptors (Lipinski definition) is 2. The van der Waals surface area contributed by atoms with Gasteiger partial charge in [-0.1, -0.05) is 18.2 Å². The number of likely N-dealkylation sites (N-methyl/N-ethyl adjacent to an activating group) is 1. The first-order valence-electron chi connectivity index (χ1n) is 6.31. The van der Waals surface area contributed by atoms with Crippen molar-refractivity contribution >= 4 is 10.9 Å². The summed E-state index contributed by atoms with van der Waals surface area (Å²) >= 11 is 0. The Balaban J connectivity index is 2.22. The fourth-order valence-electron chi connectivity index (χ4n) is 2.73. The van der Waals surface area contributed by atoms with E-state index in [1.54, 1.807) is 0 Å². The minimum Gasteiger partial charge on any atom is -0.306 e. The van der Waals surface area contributed by atoms with E-state index in [9.17, 15) is 0 Å². The highest BCUT2D eigenvalue weighted by atomic mass is 15.1. The number of aryl methyl sites for hydroxylation is 1. The van der Waals surface area contributed by atoms with Gasteiger partial charge in [0.1, 0.15) is 0 Å². The third kappa shape index (κ3) is 1.83. The molecule has 0 bridgehead atoms. The SMILES string of the molecule is Cc1c2c(nc3ccccc13)CCN(C)CC2. The largest absolute Gasteiger partial charge is 0.306 e. The molecule has 0 saturated carbocycles. The maximum Gasteiger partial charge on any atom is 0.0708 e. The highest BCUT2D eigenvalue weighted by molar-refractivity contribution is 5.83. The zero-order valence-corrected chi connectivity index (χ0v) is 10.5. The molecule has 0 amide bonds.